The lowest BCUT2D eigenvalue weighted by Gasteiger charge is -2.54. The molecule has 2 saturated heterocycles. The van der Waals surface area contributed by atoms with Gasteiger partial charge in [-0.25, -0.2) is 9.50 Å². The number of aryl methyl sites for hydroxylation is 1. The fraction of sp³-hybridized carbons (Fsp3) is 0.423. The van der Waals surface area contributed by atoms with Gasteiger partial charge < -0.3 is 9.88 Å². The van der Waals surface area contributed by atoms with Crippen LogP contribution in [0.3, 0.4) is 0 Å². The summed E-state index contributed by atoms with van der Waals surface area (Å²) in [5, 5.41) is 14.4. The van der Waals surface area contributed by atoms with Crippen molar-refractivity contribution in [2.45, 2.75) is 38.9 Å². The molecule has 2 aliphatic heterocycles. The van der Waals surface area contributed by atoms with Gasteiger partial charge in [0, 0.05) is 49.8 Å². The molecule has 1 aromatic carbocycles. The molecule has 0 atom stereocenters. The van der Waals surface area contributed by atoms with Crippen LogP contribution in [0, 0.1) is 23.7 Å². The Morgan fingerprint density at radius 2 is 1.94 bits per heavy atom. The van der Waals surface area contributed by atoms with E-state index in [2.05, 4.69) is 50.0 Å². The zero-order chi connectivity index (χ0) is 25.1. The Morgan fingerprint density at radius 1 is 1.17 bits per heavy atom. The molecule has 7 nitrogen and oxygen atoms in total. The van der Waals surface area contributed by atoms with Crippen LogP contribution in [-0.2, 0) is 13.0 Å². The van der Waals surface area contributed by atoms with Gasteiger partial charge in [-0.15, -0.1) is 0 Å². The maximum absolute atomic E-state index is 12.9. The van der Waals surface area contributed by atoms with Crippen molar-refractivity contribution in [2.24, 2.45) is 5.41 Å². The lowest BCUT2D eigenvalue weighted by atomic mass is 9.72. The Morgan fingerprint density at radius 3 is 2.67 bits per heavy atom. The summed E-state index contributed by atoms with van der Waals surface area (Å²) in [6.45, 7) is 6.73. The fourth-order valence-corrected chi connectivity index (χ4v) is 5.93. The Balaban J connectivity index is 1.10. The van der Waals surface area contributed by atoms with Gasteiger partial charge in [0.25, 0.3) is 0 Å². The molecule has 1 spiro atoms. The molecule has 0 bridgehead atoms. The smallest absolute Gasteiger partial charge is 0.355 e. The molecule has 186 valence electrons. The number of anilines is 1. The largest absolute Gasteiger partial charge is 0.393 e. The molecule has 36 heavy (non-hydrogen) atoms. The number of hydrogen-bond acceptors (Lipinski definition) is 5. The van der Waals surface area contributed by atoms with Crippen LogP contribution in [0.5, 0.6) is 0 Å². The molecule has 0 aliphatic carbocycles. The van der Waals surface area contributed by atoms with Gasteiger partial charge in [0.1, 0.15) is 23.6 Å². The van der Waals surface area contributed by atoms with E-state index in [0.717, 1.165) is 56.5 Å². The Kier molecular flexibility index (Phi) is 5.23. The summed E-state index contributed by atoms with van der Waals surface area (Å²) in [7, 11) is 0. The average Bonchev–Trinajstić information content (AvgIpc) is 3.42. The number of fused-ring (bicyclic) bond motifs is 2. The predicted octanol–water partition coefficient (Wildman–Crippen LogP) is 4.60. The number of hydrogen-bond donors (Lipinski definition) is 1. The van der Waals surface area contributed by atoms with Crippen molar-refractivity contribution in [3.05, 3.63) is 59.2 Å². The lowest BCUT2D eigenvalue weighted by molar-refractivity contribution is -0.127. The highest BCUT2D eigenvalue weighted by Crippen LogP contribution is 2.42. The summed E-state index contributed by atoms with van der Waals surface area (Å²) in [5.41, 5.74) is 5.17. The minimum absolute atomic E-state index is 0.198. The molecule has 0 unspecified atom stereocenters. The number of piperidine rings is 1. The van der Waals surface area contributed by atoms with E-state index in [9.17, 15) is 18.4 Å². The Hall–Kier alpha value is -3.58. The number of likely N-dealkylation sites (tertiary alicyclic amines) is 1. The molecule has 0 saturated carbocycles. The standard InChI is InChI=1S/C26H26F3N7/c1-17-19(2-3-22-21(17)9-20(11-30)33-22)13-34-14-25(15-34)4-6-35(7-5-25)24-23-8-18(10-26(27,28)29)12-36(23)32-16-31-24/h2-3,8-9,12,16,33H,4-7,10,13-15H2,1H3. The number of nitriles is 1. The maximum Gasteiger partial charge on any atom is 0.393 e. The quantitative estimate of drug-likeness (QED) is 0.450. The first kappa shape index (κ1) is 22.9. The van der Waals surface area contributed by atoms with Gasteiger partial charge in [0.2, 0.25) is 0 Å². The third-order valence-electron chi connectivity index (χ3n) is 7.79. The average molecular weight is 494 g/mol. The van der Waals surface area contributed by atoms with Gasteiger partial charge in [0.05, 0.1) is 6.42 Å². The molecule has 0 radical (unpaired) electrons. The molecule has 2 aliphatic rings. The van der Waals surface area contributed by atoms with Gasteiger partial charge in [-0.05, 0) is 60.1 Å². The molecule has 10 heteroatoms. The Bertz CT molecular complexity index is 1480. The first-order chi connectivity index (χ1) is 17.2. The third kappa shape index (κ3) is 4.07. The van der Waals surface area contributed by atoms with Crippen LogP contribution in [0.1, 0.15) is 35.2 Å². The summed E-state index contributed by atoms with van der Waals surface area (Å²) in [4.78, 5) is 12.2. The molecule has 4 aromatic rings. The molecule has 0 amide bonds. The SMILES string of the molecule is Cc1c(CN2CC3(CCN(c4ncnn5cc(CC(F)(F)F)cc45)CC3)C2)ccc2[nH]c(C#N)cc12. The van der Waals surface area contributed by atoms with Gasteiger partial charge in [0.15, 0.2) is 5.82 Å². The number of halogens is 3. The number of aromatic amines is 1. The highest BCUT2D eigenvalue weighted by Gasteiger charge is 2.45. The number of aromatic nitrogens is 4. The van der Waals surface area contributed by atoms with E-state index in [-0.39, 0.29) is 11.0 Å². The summed E-state index contributed by atoms with van der Waals surface area (Å²) >= 11 is 0. The van der Waals surface area contributed by atoms with E-state index in [0.29, 0.717) is 17.0 Å². The van der Waals surface area contributed by atoms with Crippen molar-refractivity contribution in [3.8, 4) is 6.07 Å². The highest BCUT2D eigenvalue weighted by molar-refractivity contribution is 5.85. The van der Waals surface area contributed by atoms with Crippen molar-refractivity contribution in [3.63, 3.8) is 0 Å². The van der Waals surface area contributed by atoms with Crippen molar-refractivity contribution in [1.29, 1.82) is 5.26 Å². The van der Waals surface area contributed by atoms with Crippen LogP contribution in [0.25, 0.3) is 16.4 Å². The molecule has 2 fully saturated rings. The molecule has 6 rings (SSSR count). The predicted molar refractivity (Wildman–Crippen MR) is 130 cm³/mol. The van der Waals surface area contributed by atoms with Crippen LogP contribution in [0.15, 0.2) is 36.8 Å². The number of rotatable bonds is 4. The van der Waals surface area contributed by atoms with Crippen molar-refractivity contribution in [2.75, 3.05) is 31.1 Å². The van der Waals surface area contributed by atoms with Gasteiger partial charge >= 0.3 is 6.18 Å². The van der Waals surface area contributed by atoms with Crippen LogP contribution in [-0.4, -0.2) is 56.8 Å². The number of nitrogens with one attached hydrogen (secondary N) is 1. The van der Waals surface area contributed by atoms with Crippen LogP contribution >= 0.6 is 0 Å². The van der Waals surface area contributed by atoms with Crippen LogP contribution in [0.2, 0.25) is 0 Å². The van der Waals surface area contributed by atoms with E-state index in [1.165, 1.54) is 28.2 Å². The van der Waals surface area contributed by atoms with E-state index in [4.69, 9.17) is 0 Å². The molecular weight excluding hydrogens is 467 g/mol. The second-order valence-corrected chi connectivity index (χ2v) is 10.3. The number of benzene rings is 1. The number of alkyl halides is 3. The first-order valence-electron chi connectivity index (χ1n) is 12.1. The highest BCUT2D eigenvalue weighted by atomic mass is 19.4. The van der Waals surface area contributed by atoms with E-state index < -0.39 is 12.6 Å². The van der Waals surface area contributed by atoms with Crippen molar-refractivity contribution >= 4 is 22.2 Å². The topological polar surface area (TPSA) is 76.2 Å². The van der Waals surface area contributed by atoms with Gasteiger partial charge in [-0.2, -0.15) is 23.5 Å². The number of H-pyrrole nitrogens is 1. The zero-order valence-corrected chi connectivity index (χ0v) is 19.9. The minimum atomic E-state index is -4.25. The summed E-state index contributed by atoms with van der Waals surface area (Å²) in [5.74, 6) is 0.705. The molecule has 5 heterocycles. The molecule has 3 aromatic heterocycles. The van der Waals surface area contributed by atoms with Crippen LogP contribution < -0.4 is 4.90 Å². The molecule has 1 N–H and O–H groups in total. The van der Waals surface area contributed by atoms with Gasteiger partial charge in [-0.1, -0.05) is 6.07 Å². The van der Waals surface area contributed by atoms with Crippen molar-refractivity contribution in [1.82, 2.24) is 24.5 Å². The summed E-state index contributed by atoms with van der Waals surface area (Å²) in [6.07, 6.45) is -0.313. The van der Waals surface area contributed by atoms with E-state index in [1.807, 2.05) is 6.07 Å². The lowest BCUT2D eigenvalue weighted by Crippen LogP contribution is -2.59. The third-order valence-corrected chi connectivity index (χ3v) is 7.79. The summed E-state index contributed by atoms with van der Waals surface area (Å²) in [6, 6.07) is 9.85. The fourth-order valence-electron chi connectivity index (χ4n) is 5.93. The van der Waals surface area contributed by atoms with Crippen LogP contribution in [0.4, 0.5) is 19.0 Å². The normalized spacial score (nSPS) is 18.1. The second kappa shape index (κ2) is 8.23. The van der Waals surface area contributed by atoms with E-state index in [1.54, 1.807) is 6.07 Å². The summed E-state index contributed by atoms with van der Waals surface area (Å²) < 4.78 is 40.1. The van der Waals surface area contributed by atoms with Gasteiger partial charge in [-0.3, -0.25) is 4.90 Å². The zero-order valence-electron chi connectivity index (χ0n) is 19.9. The Labute approximate surface area is 206 Å². The molecular formula is C26H26F3N7. The number of nitrogens with zero attached hydrogens (tertiary/aromatic N) is 6. The van der Waals surface area contributed by atoms with E-state index >= 15 is 0 Å². The maximum atomic E-state index is 12.9. The monoisotopic (exact) mass is 493 g/mol. The van der Waals surface area contributed by atoms with Crippen molar-refractivity contribution < 1.29 is 13.2 Å². The second-order valence-electron chi connectivity index (χ2n) is 10.3. The minimum Gasteiger partial charge on any atom is -0.355 e. The first-order valence-corrected chi connectivity index (χ1v) is 12.1.